The molecular weight excluding hydrogens is 524 g/mol. The Kier molecular flexibility index (Phi) is 7.92. The summed E-state index contributed by atoms with van der Waals surface area (Å²) in [4.78, 5) is 12.8. The van der Waals surface area contributed by atoms with Crippen molar-refractivity contribution in [1.29, 1.82) is 0 Å². The van der Waals surface area contributed by atoms with E-state index in [4.69, 9.17) is 0 Å². The molecule has 6 nitrogen and oxygen atoms in total. The molecule has 160 valence electrons. The number of hydrogen-bond acceptors (Lipinski definition) is 5. The fourth-order valence-electron chi connectivity index (χ4n) is 3.14. The van der Waals surface area contributed by atoms with Crippen LogP contribution in [0.15, 0.2) is 79.8 Å². The van der Waals surface area contributed by atoms with Gasteiger partial charge in [-0.3, -0.25) is 10.1 Å². The Morgan fingerprint density at radius 3 is 2.29 bits per heavy atom. The number of azo groups is 1. The number of anilines is 1. The topological polar surface area (TPSA) is 71.1 Å². The van der Waals surface area contributed by atoms with Gasteiger partial charge in [0.05, 0.1) is 19.6 Å². The summed E-state index contributed by atoms with van der Waals surface area (Å²) in [6.07, 6.45) is 2.12. The maximum Gasteiger partial charge on any atom is 0.271 e. The minimum atomic E-state index is -0.449. The molecule has 0 saturated heterocycles. The predicted molar refractivity (Wildman–Crippen MR) is 132 cm³/mol. The first kappa shape index (κ1) is 23.1. The number of nitrogens with zero attached hydrogens (tertiary/aromatic N) is 4. The van der Waals surface area contributed by atoms with Crippen LogP contribution in [0.3, 0.4) is 0 Å². The summed E-state index contributed by atoms with van der Waals surface area (Å²) in [5.74, 6) is 0. The van der Waals surface area contributed by atoms with E-state index >= 15 is 0 Å². The molecular formula is C23H22Br2N4O2. The zero-order chi connectivity index (χ0) is 22.4. The summed E-state index contributed by atoms with van der Waals surface area (Å²) >= 11 is 6.67. The number of halogens is 2. The van der Waals surface area contributed by atoms with Crippen LogP contribution in [-0.2, 0) is 6.42 Å². The molecule has 0 aliphatic heterocycles. The third-order valence-electron chi connectivity index (χ3n) is 4.89. The lowest BCUT2D eigenvalue weighted by Gasteiger charge is -2.20. The second kappa shape index (κ2) is 10.6. The lowest BCUT2D eigenvalue weighted by Crippen LogP contribution is -2.19. The van der Waals surface area contributed by atoms with Gasteiger partial charge in [-0.25, -0.2) is 0 Å². The van der Waals surface area contributed by atoms with Crippen LogP contribution in [0.5, 0.6) is 0 Å². The van der Waals surface area contributed by atoms with Crippen LogP contribution in [0.1, 0.15) is 17.5 Å². The van der Waals surface area contributed by atoms with E-state index in [1.165, 1.54) is 17.7 Å². The molecule has 0 aliphatic carbocycles. The van der Waals surface area contributed by atoms with Gasteiger partial charge in [0.25, 0.3) is 5.69 Å². The second-order valence-corrected chi connectivity index (χ2v) is 8.91. The summed E-state index contributed by atoms with van der Waals surface area (Å²) in [6.45, 7) is 2.95. The van der Waals surface area contributed by atoms with Crippen LogP contribution >= 0.6 is 31.9 Å². The fraction of sp³-hybridized carbons (Fsp3) is 0.217. The van der Waals surface area contributed by atoms with E-state index in [1.807, 2.05) is 25.1 Å². The van der Waals surface area contributed by atoms with E-state index in [0.29, 0.717) is 14.6 Å². The Labute approximate surface area is 198 Å². The van der Waals surface area contributed by atoms with Gasteiger partial charge in [0.15, 0.2) is 0 Å². The molecule has 3 aromatic rings. The Morgan fingerprint density at radius 1 is 1.00 bits per heavy atom. The molecule has 8 heteroatoms. The molecule has 0 heterocycles. The van der Waals surface area contributed by atoms with Crippen LogP contribution in [0.2, 0.25) is 0 Å². The molecule has 0 atom stereocenters. The Balaban J connectivity index is 1.67. The Hall–Kier alpha value is -2.58. The highest BCUT2D eigenvalue weighted by molar-refractivity contribution is 9.11. The lowest BCUT2D eigenvalue weighted by molar-refractivity contribution is -0.385. The highest BCUT2D eigenvalue weighted by Crippen LogP contribution is 2.38. The van der Waals surface area contributed by atoms with Gasteiger partial charge in [0, 0.05) is 31.4 Å². The Morgan fingerprint density at radius 2 is 1.68 bits per heavy atom. The molecule has 0 saturated carbocycles. The third-order valence-corrected chi connectivity index (χ3v) is 6.10. The molecule has 0 spiro atoms. The van der Waals surface area contributed by atoms with Crippen molar-refractivity contribution in [3.05, 3.63) is 90.9 Å². The smallest absolute Gasteiger partial charge is 0.271 e. The number of non-ortho nitro benzene ring substituents is 1. The number of nitro groups is 1. The normalized spacial score (nSPS) is 11.1. The molecule has 0 radical (unpaired) electrons. The van der Waals surface area contributed by atoms with E-state index < -0.39 is 4.92 Å². The fourth-order valence-corrected chi connectivity index (χ4v) is 4.46. The number of benzene rings is 3. The SMILES string of the molecule is Cc1cc(N(C)CCCc2ccccc2)ccc1N=Nc1c(Br)cc([N+](=O)[O-])cc1Br. The maximum atomic E-state index is 11.0. The largest absolute Gasteiger partial charge is 0.375 e. The zero-order valence-electron chi connectivity index (χ0n) is 17.3. The number of hydrogen-bond donors (Lipinski definition) is 0. The van der Waals surface area contributed by atoms with E-state index in [2.05, 4.69) is 84.4 Å². The highest BCUT2D eigenvalue weighted by Gasteiger charge is 2.14. The molecule has 3 rings (SSSR count). The molecule has 0 aliphatic rings. The lowest BCUT2D eigenvalue weighted by atomic mass is 10.1. The van der Waals surface area contributed by atoms with Crippen molar-refractivity contribution in [2.45, 2.75) is 19.8 Å². The molecule has 31 heavy (non-hydrogen) atoms. The van der Waals surface area contributed by atoms with Gasteiger partial charge >= 0.3 is 0 Å². The summed E-state index contributed by atoms with van der Waals surface area (Å²) in [6, 6.07) is 19.4. The van der Waals surface area contributed by atoms with Gasteiger partial charge < -0.3 is 4.90 Å². The van der Waals surface area contributed by atoms with Crippen LogP contribution < -0.4 is 4.90 Å². The predicted octanol–water partition coefficient (Wildman–Crippen LogP) is 7.91. The number of rotatable bonds is 8. The minimum absolute atomic E-state index is 0.0199. The van der Waals surface area contributed by atoms with Gasteiger partial charge in [0.2, 0.25) is 0 Å². The molecule has 0 amide bonds. The van der Waals surface area contributed by atoms with E-state index in [1.54, 1.807) is 0 Å². The highest BCUT2D eigenvalue weighted by atomic mass is 79.9. The minimum Gasteiger partial charge on any atom is -0.375 e. The van der Waals surface area contributed by atoms with Crippen molar-refractivity contribution in [3.63, 3.8) is 0 Å². The standard InChI is InChI=1S/C23H22Br2N4O2/c1-16-13-18(28(2)12-6-9-17-7-4-3-5-8-17)10-11-22(16)26-27-23-20(24)14-19(29(30)31)15-21(23)25/h3-5,7-8,10-11,13-15H,6,9,12H2,1-2H3. The van der Waals surface area contributed by atoms with Crippen molar-refractivity contribution < 1.29 is 4.92 Å². The summed E-state index contributed by atoms with van der Waals surface area (Å²) in [5, 5.41) is 19.6. The van der Waals surface area contributed by atoms with Crippen LogP contribution in [0.25, 0.3) is 0 Å². The van der Waals surface area contributed by atoms with Crippen LogP contribution in [-0.4, -0.2) is 18.5 Å². The average molecular weight is 546 g/mol. The van der Waals surface area contributed by atoms with Crippen molar-refractivity contribution in [1.82, 2.24) is 0 Å². The number of aryl methyl sites for hydroxylation is 2. The summed E-state index contributed by atoms with van der Waals surface area (Å²) in [5.41, 5.74) is 4.72. The molecule has 0 aromatic heterocycles. The first-order valence-electron chi connectivity index (χ1n) is 9.76. The van der Waals surface area contributed by atoms with Crippen LogP contribution in [0, 0.1) is 17.0 Å². The van der Waals surface area contributed by atoms with Gasteiger partial charge in [-0.1, -0.05) is 30.3 Å². The summed E-state index contributed by atoms with van der Waals surface area (Å²) in [7, 11) is 2.09. The first-order chi connectivity index (χ1) is 14.8. The molecule has 0 fully saturated rings. The zero-order valence-corrected chi connectivity index (χ0v) is 20.4. The van der Waals surface area contributed by atoms with E-state index in [9.17, 15) is 10.1 Å². The van der Waals surface area contributed by atoms with Crippen molar-refractivity contribution in [2.75, 3.05) is 18.5 Å². The molecule has 3 aromatic carbocycles. The van der Waals surface area contributed by atoms with Crippen molar-refractivity contribution in [3.8, 4) is 0 Å². The van der Waals surface area contributed by atoms with E-state index in [-0.39, 0.29) is 5.69 Å². The average Bonchev–Trinajstić information content (AvgIpc) is 2.74. The van der Waals surface area contributed by atoms with Crippen LogP contribution in [0.4, 0.5) is 22.7 Å². The van der Waals surface area contributed by atoms with Gasteiger partial charge in [-0.15, -0.1) is 5.11 Å². The maximum absolute atomic E-state index is 11.0. The van der Waals surface area contributed by atoms with Gasteiger partial charge in [-0.05, 0) is 81.0 Å². The molecule has 0 N–H and O–H groups in total. The summed E-state index contributed by atoms with van der Waals surface area (Å²) < 4.78 is 1.01. The van der Waals surface area contributed by atoms with Gasteiger partial charge in [0.1, 0.15) is 5.69 Å². The second-order valence-electron chi connectivity index (χ2n) is 7.20. The quantitative estimate of drug-likeness (QED) is 0.164. The monoisotopic (exact) mass is 544 g/mol. The molecule has 0 bridgehead atoms. The Bertz CT molecular complexity index is 1080. The first-order valence-corrected chi connectivity index (χ1v) is 11.3. The number of nitro benzene ring substituents is 1. The van der Waals surface area contributed by atoms with E-state index in [0.717, 1.165) is 36.3 Å². The van der Waals surface area contributed by atoms with Crippen molar-refractivity contribution >= 4 is 54.6 Å². The molecule has 0 unspecified atom stereocenters. The third kappa shape index (κ3) is 6.21. The van der Waals surface area contributed by atoms with Crippen molar-refractivity contribution in [2.24, 2.45) is 10.2 Å². The van der Waals surface area contributed by atoms with Gasteiger partial charge in [-0.2, -0.15) is 5.11 Å².